The fourth-order valence-corrected chi connectivity index (χ4v) is 3.14. The van der Waals surface area contributed by atoms with Crippen molar-refractivity contribution in [1.29, 1.82) is 0 Å². The van der Waals surface area contributed by atoms with E-state index in [0.29, 0.717) is 25.3 Å². The fraction of sp³-hybridized carbons (Fsp3) is 0.333. The van der Waals surface area contributed by atoms with Gasteiger partial charge in [0, 0.05) is 30.4 Å². The fourth-order valence-electron chi connectivity index (χ4n) is 3.14. The van der Waals surface area contributed by atoms with Crippen molar-refractivity contribution in [2.24, 2.45) is 0 Å². The Morgan fingerprint density at radius 1 is 1.04 bits per heavy atom. The van der Waals surface area contributed by atoms with Gasteiger partial charge in [-0.15, -0.1) is 0 Å². The highest BCUT2D eigenvalue weighted by Crippen LogP contribution is 2.17. The van der Waals surface area contributed by atoms with Crippen LogP contribution in [0.2, 0.25) is 0 Å². The van der Waals surface area contributed by atoms with E-state index in [2.05, 4.69) is 10.6 Å². The number of anilines is 1. The van der Waals surface area contributed by atoms with E-state index in [1.807, 2.05) is 54.3 Å². The zero-order chi connectivity index (χ0) is 19.1. The van der Waals surface area contributed by atoms with Crippen LogP contribution >= 0.6 is 0 Å². The van der Waals surface area contributed by atoms with Gasteiger partial charge >= 0.3 is 6.03 Å². The summed E-state index contributed by atoms with van der Waals surface area (Å²) in [4.78, 5) is 26.5. The number of carbonyl (C=O) groups excluding carboxylic acids is 2. The van der Waals surface area contributed by atoms with Crippen molar-refractivity contribution in [2.45, 2.75) is 25.8 Å². The maximum absolute atomic E-state index is 12.6. The van der Waals surface area contributed by atoms with Crippen LogP contribution in [0.5, 0.6) is 5.75 Å². The molecule has 0 saturated carbocycles. The first-order chi connectivity index (χ1) is 13.2. The van der Waals surface area contributed by atoms with Gasteiger partial charge in [-0.2, -0.15) is 0 Å². The Morgan fingerprint density at radius 2 is 1.70 bits per heavy atom. The van der Waals surface area contributed by atoms with E-state index >= 15 is 0 Å². The number of hydrogen-bond donors (Lipinski definition) is 2. The highest BCUT2D eigenvalue weighted by molar-refractivity contribution is 5.94. The van der Waals surface area contributed by atoms with Crippen molar-refractivity contribution in [3.8, 4) is 5.75 Å². The van der Waals surface area contributed by atoms with Crippen LogP contribution in [0.1, 0.15) is 30.1 Å². The first kappa shape index (κ1) is 18.8. The second kappa shape index (κ2) is 9.07. The molecule has 0 bridgehead atoms. The number of likely N-dealkylation sites (tertiary alicyclic amines) is 1. The Bertz CT molecular complexity index is 754. The summed E-state index contributed by atoms with van der Waals surface area (Å²) in [5.41, 5.74) is 1.42. The Labute approximate surface area is 159 Å². The van der Waals surface area contributed by atoms with Gasteiger partial charge in [-0.3, -0.25) is 4.79 Å². The number of hydrogen-bond acceptors (Lipinski definition) is 3. The van der Waals surface area contributed by atoms with Gasteiger partial charge in [0.2, 0.25) is 0 Å². The number of urea groups is 1. The first-order valence-corrected chi connectivity index (χ1v) is 9.30. The SMILES string of the molecule is CCOc1ccc(C(=O)N2CCC(NC(=O)Nc3ccccc3)CC2)cc1. The third kappa shape index (κ3) is 5.23. The minimum absolute atomic E-state index is 0.0187. The van der Waals surface area contributed by atoms with Gasteiger partial charge in [-0.1, -0.05) is 18.2 Å². The van der Waals surface area contributed by atoms with Gasteiger partial charge in [0.05, 0.1) is 6.61 Å². The molecule has 0 radical (unpaired) electrons. The molecule has 1 aliphatic rings. The number of nitrogens with zero attached hydrogens (tertiary/aromatic N) is 1. The topological polar surface area (TPSA) is 70.7 Å². The van der Waals surface area contributed by atoms with Crippen LogP contribution in [0.15, 0.2) is 54.6 Å². The number of carbonyl (C=O) groups is 2. The lowest BCUT2D eigenvalue weighted by Crippen LogP contribution is -2.47. The highest BCUT2D eigenvalue weighted by atomic mass is 16.5. The van der Waals surface area contributed by atoms with Crippen molar-refractivity contribution in [1.82, 2.24) is 10.2 Å². The standard InChI is InChI=1S/C21H25N3O3/c1-2-27-19-10-8-16(9-11-19)20(25)24-14-12-18(13-15-24)23-21(26)22-17-6-4-3-5-7-17/h3-11,18H,2,12-15H2,1H3,(H2,22,23,26). The number of nitrogens with one attached hydrogen (secondary N) is 2. The maximum atomic E-state index is 12.6. The van der Waals surface area contributed by atoms with Crippen LogP contribution in [-0.2, 0) is 0 Å². The summed E-state index contributed by atoms with van der Waals surface area (Å²) in [6.45, 7) is 3.79. The minimum atomic E-state index is -0.211. The predicted octanol–water partition coefficient (Wildman–Crippen LogP) is 3.51. The molecule has 0 aliphatic carbocycles. The molecule has 0 aromatic heterocycles. The van der Waals surface area contributed by atoms with Crippen molar-refractivity contribution in [3.05, 3.63) is 60.2 Å². The van der Waals surface area contributed by atoms with Crippen LogP contribution in [0.25, 0.3) is 0 Å². The maximum Gasteiger partial charge on any atom is 0.319 e. The van der Waals surface area contributed by atoms with Crippen LogP contribution < -0.4 is 15.4 Å². The van der Waals surface area contributed by atoms with E-state index in [4.69, 9.17) is 4.74 Å². The third-order valence-electron chi connectivity index (χ3n) is 4.56. The molecule has 2 aromatic carbocycles. The molecule has 2 aromatic rings. The molecule has 142 valence electrons. The summed E-state index contributed by atoms with van der Waals surface area (Å²) in [6.07, 6.45) is 1.48. The molecule has 0 unspecified atom stereocenters. The van der Waals surface area contributed by atoms with Crippen molar-refractivity contribution in [3.63, 3.8) is 0 Å². The Morgan fingerprint density at radius 3 is 2.33 bits per heavy atom. The Kier molecular flexibility index (Phi) is 6.30. The molecule has 0 spiro atoms. The molecule has 0 atom stereocenters. The van der Waals surface area contributed by atoms with E-state index in [-0.39, 0.29) is 18.0 Å². The molecule has 1 saturated heterocycles. The molecule has 6 nitrogen and oxygen atoms in total. The normalized spacial score (nSPS) is 14.5. The minimum Gasteiger partial charge on any atom is -0.494 e. The second-order valence-electron chi connectivity index (χ2n) is 6.49. The molecule has 1 heterocycles. The van der Waals surface area contributed by atoms with Crippen LogP contribution in [0.4, 0.5) is 10.5 Å². The largest absolute Gasteiger partial charge is 0.494 e. The van der Waals surface area contributed by atoms with Crippen LogP contribution in [-0.4, -0.2) is 42.6 Å². The van der Waals surface area contributed by atoms with Crippen molar-refractivity contribution < 1.29 is 14.3 Å². The van der Waals surface area contributed by atoms with Crippen molar-refractivity contribution in [2.75, 3.05) is 25.0 Å². The molecule has 3 amide bonds. The monoisotopic (exact) mass is 367 g/mol. The molecule has 2 N–H and O–H groups in total. The predicted molar refractivity (Wildman–Crippen MR) is 105 cm³/mol. The summed E-state index contributed by atoms with van der Waals surface area (Å²) in [5.74, 6) is 0.784. The number of amides is 3. The van der Waals surface area contributed by atoms with E-state index in [1.54, 1.807) is 12.1 Å². The lowest BCUT2D eigenvalue weighted by atomic mass is 10.0. The Hall–Kier alpha value is -3.02. The lowest BCUT2D eigenvalue weighted by molar-refractivity contribution is 0.0709. The molecular formula is C21H25N3O3. The van der Waals surface area contributed by atoms with Gasteiger partial charge in [-0.05, 0) is 56.2 Å². The third-order valence-corrected chi connectivity index (χ3v) is 4.56. The van der Waals surface area contributed by atoms with Gasteiger partial charge < -0.3 is 20.3 Å². The summed E-state index contributed by atoms with van der Waals surface area (Å²) < 4.78 is 5.41. The number of para-hydroxylation sites is 1. The Balaban J connectivity index is 1.46. The number of piperidine rings is 1. The summed E-state index contributed by atoms with van der Waals surface area (Å²) >= 11 is 0. The molecule has 6 heteroatoms. The summed E-state index contributed by atoms with van der Waals surface area (Å²) in [5, 5.41) is 5.81. The average molecular weight is 367 g/mol. The van der Waals surface area contributed by atoms with E-state index in [1.165, 1.54) is 0 Å². The van der Waals surface area contributed by atoms with Gasteiger partial charge in [-0.25, -0.2) is 4.79 Å². The lowest BCUT2D eigenvalue weighted by Gasteiger charge is -2.32. The van der Waals surface area contributed by atoms with Gasteiger partial charge in [0.25, 0.3) is 5.91 Å². The quantitative estimate of drug-likeness (QED) is 0.850. The smallest absolute Gasteiger partial charge is 0.319 e. The number of ether oxygens (including phenoxy) is 1. The van der Waals surface area contributed by atoms with Crippen LogP contribution in [0, 0.1) is 0 Å². The summed E-state index contributed by atoms with van der Waals surface area (Å²) in [7, 11) is 0. The molecule has 27 heavy (non-hydrogen) atoms. The molecule has 1 aliphatic heterocycles. The van der Waals surface area contributed by atoms with Gasteiger partial charge in [0.15, 0.2) is 0 Å². The zero-order valence-corrected chi connectivity index (χ0v) is 15.5. The van der Waals surface area contributed by atoms with Crippen LogP contribution in [0.3, 0.4) is 0 Å². The van der Waals surface area contributed by atoms with Crippen molar-refractivity contribution >= 4 is 17.6 Å². The van der Waals surface area contributed by atoms with E-state index in [9.17, 15) is 9.59 Å². The number of benzene rings is 2. The first-order valence-electron chi connectivity index (χ1n) is 9.30. The average Bonchev–Trinajstić information content (AvgIpc) is 2.69. The highest BCUT2D eigenvalue weighted by Gasteiger charge is 2.24. The molecular weight excluding hydrogens is 342 g/mol. The van der Waals surface area contributed by atoms with Gasteiger partial charge in [0.1, 0.15) is 5.75 Å². The summed E-state index contributed by atoms with van der Waals surface area (Å²) in [6, 6.07) is 16.4. The van der Waals surface area contributed by atoms with E-state index in [0.717, 1.165) is 24.3 Å². The number of rotatable bonds is 5. The van der Waals surface area contributed by atoms with E-state index < -0.39 is 0 Å². The molecule has 3 rings (SSSR count). The zero-order valence-electron chi connectivity index (χ0n) is 15.5. The second-order valence-corrected chi connectivity index (χ2v) is 6.49. The molecule has 1 fully saturated rings.